The van der Waals surface area contributed by atoms with E-state index in [1.54, 1.807) is 7.11 Å². The van der Waals surface area contributed by atoms with Gasteiger partial charge in [0, 0.05) is 24.0 Å². The van der Waals surface area contributed by atoms with Crippen LogP contribution in [0.5, 0.6) is 5.75 Å². The number of fused-ring (bicyclic) bond motifs is 1. The average molecular weight is 373 g/mol. The molecule has 5 unspecified atom stereocenters. The van der Waals surface area contributed by atoms with Crippen molar-refractivity contribution < 1.29 is 15.1 Å². The number of nitrogens with zero attached hydrogens (tertiary/aromatic N) is 1. The third-order valence-corrected chi connectivity index (χ3v) is 8.14. The first-order chi connectivity index (χ1) is 13.0. The Labute approximate surface area is 161 Å². The highest BCUT2D eigenvalue weighted by molar-refractivity contribution is 5.49. The lowest BCUT2D eigenvalue weighted by molar-refractivity contribution is -0.186. The van der Waals surface area contributed by atoms with Crippen molar-refractivity contribution >= 4 is 0 Å². The molecule has 0 amide bonds. The lowest BCUT2D eigenvalue weighted by atomic mass is 9.47. The Morgan fingerprint density at radius 3 is 2.81 bits per heavy atom. The second-order valence-corrected chi connectivity index (χ2v) is 9.56. The van der Waals surface area contributed by atoms with Crippen LogP contribution in [0, 0.1) is 11.8 Å². The second kappa shape index (κ2) is 6.18. The minimum absolute atomic E-state index is 0.0121. The number of methoxy groups -OCH3 is 1. The van der Waals surface area contributed by atoms with E-state index in [2.05, 4.69) is 29.4 Å². The Morgan fingerprint density at radius 2 is 2.11 bits per heavy atom. The van der Waals surface area contributed by atoms with Gasteiger partial charge in [-0.15, -0.1) is 0 Å². The van der Waals surface area contributed by atoms with E-state index < -0.39 is 5.60 Å². The number of piperidine rings is 1. The molecule has 0 radical (unpaired) electrons. The number of ether oxygens (including phenoxy) is 1. The van der Waals surface area contributed by atoms with Crippen LogP contribution in [0.3, 0.4) is 0 Å². The maximum Gasteiger partial charge on any atom is 0.119 e. The molecule has 3 N–H and O–H groups in total. The molecular weight excluding hydrogens is 340 g/mol. The van der Waals surface area contributed by atoms with Crippen LogP contribution in [0.2, 0.25) is 0 Å². The number of hydrogen-bond acceptors (Lipinski definition) is 5. The van der Waals surface area contributed by atoms with Crippen LogP contribution in [0.4, 0.5) is 0 Å². The fourth-order valence-electron chi connectivity index (χ4n) is 6.46. The number of benzene rings is 1. The van der Waals surface area contributed by atoms with E-state index in [4.69, 9.17) is 4.74 Å². The lowest BCUT2D eigenvalue weighted by Gasteiger charge is -2.65. The first kappa shape index (κ1) is 17.9. The molecule has 1 saturated heterocycles. The highest BCUT2D eigenvalue weighted by atomic mass is 16.5. The van der Waals surface area contributed by atoms with Crippen LogP contribution in [0.25, 0.3) is 0 Å². The molecule has 5 nitrogen and oxygen atoms in total. The number of aliphatic hydroxyl groups is 1. The van der Waals surface area contributed by atoms with Crippen LogP contribution >= 0.6 is 0 Å². The van der Waals surface area contributed by atoms with Gasteiger partial charge in [-0.3, -0.25) is 4.90 Å². The molecular formula is C22H32N2O3. The van der Waals surface area contributed by atoms with E-state index >= 15 is 0 Å². The predicted molar refractivity (Wildman–Crippen MR) is 103 cm³/mol. The molecule has 1 heterocycles. The van der Waals surface area contributed by atoms with E-state index in [0.717, 1.165) is 50.4 Å². The maximum atomic E-state index is 12.3. The van der Waals surface area contributed by atoms with Gasteiger partial charge in [-0.2, -0.15) is 0 Å². The number of rotatable bonds is 4. The van der Waals surface area contributed by atoms with Gasteiger partial charge in [0.05, 0.1) is 12.7 Å². The van der Waals surface area contributed by atoms with Gasteiger partial charge >= 0.3 is 0 Å². The van der Waals surface area contributed by atoms with Gasteiger partial charge in [-0.1, -0.05) is 13.0 Å². The molecule has 3 aliphatic carbocycles. The van der Waals surface area contributed by atoms with Crippen molar-refractivity contribution in [3.05, 3.63) is 29.3 Å². The number of nitrogens with one attached hydrogen (secondary N) is 1. The van der Waals surface area contributed by atoms with E-state index in [1.807, 2.05) is 6.07 Å². The molecule has 1 aromatic rings. The van der Waals surface area contributed by atoms with Crippen LogP contribution < -0.4 is 10.2 Å². The van der Waals surface area contributed by atoms with Crippen LogP contribution in [0.15, 0.2) is 18.2 Å². The number of likely N-dealkylation sites (tertiary alicyclic amines) is 1. The van der Waals surface area contributed by atoms with Gasteiger partial charge in [0.2, 0.25) is 0 Å². The zero-order valence-corrected chi connectivity index (χ0v) is 16.4. The van der Waals surface area contributed by atoms with Crippen molar-refractivity contribution in [3.63, 3.8) is 0 Å². The van der Waals surface area contributed by atoms with E-state index in [0.29, 0.717) is 0 Å². The Bertz CT molecular complexity index is 736. The van der Waals surface area contributed by atoms with E-state index in [1.165, 1.54) is 24.0 Å². The topological polar surface area (TPSA) is 65.0 Å². The van der Waals surface area contributed by atoms with Crippen molar-refractivity contribution in [3.8, 4) is 5.75 Å². The first-order valence-electron chi connectivity index (χ1n) is 10.5. The van der Waals surface area contributed by atoms with Crippen LogP contribution in [-0.4, -0.2) is 53.1 Å². The fourth-order valence-corrected chi connectivity index (χ4v) is 6.46. The summed E-state index contributed by atoms with van der Waals surface area (Å²) in [6.07, 6.45) is 6.04. The molecule has 0 aromatic heterocycles. The number of hydroxylamine groups is 1. The molecule has 5 atom stereocenters. The highest BCUT2D eigenvalue weighted by Crippen LogP contribution is 2.59. The van der Waals surface area contributed by atoms with Crippen LogP contribution in [-0.2, 0) is 11.8 Å². The monoisotopic (exact) mass is 372 g/mol. The van der Waals surface area contributed by atoms with Crippen molar-refractivity contribution in [1.82, 2.24) is 10.4 Å². The highest BCUT2D eigenvalue weighted by Gasteiger charge is 2.65. The molecule has 1 aliphatic heterocycles. The van der Waals surface area contributed by atoms with Gasteiger partial charge in [0.15, 0.2) is 0 Å². The van der Waals surface area contributed by atoms with Gasteiger partial charge < -0.3 is 15.1 Å². The second-order valence-electron chi connectivity index (χ2n) is 9.56. The van der Waals surface area contributed by atoms with Crippen molar-refractivity contribution in [2.75, 3.05) is 20.2 Å². The normalized spacial score (nSPS) is 41.0. The molecule has 27 heavy (non-hydrogen) atoms. The Morgan fingerprint density at radius 1 is 1.30 bits per heavy atom. The quantitative estimate of drug-likeness (QED) is 0.709. The Balaban J connectivity index is 1.63. The van der Waals surface area contributed by atoms with Crippen LogP contribution in [0.1, 0.15) is 50.2 Å². The maximum absolute atomic E-state index is 12.3. The SMILES string of the molecule is COc1ccc2c(c1)C13CCN(CC4CC4)C(C2)C1(O)CC(C)C(NO)C3. The third kappa shape index (κ3) is 2.52. The predicted octanol–water partition coefficient (Wildman–Crippen LogP) is 2.48. The minimum Gasteiger partial charge on any atom is -0.497 e. The van der Waals surface area contributed by atoms with Gasteiger partial charge in [0.1, 0.15) is 5.75 Å². The van der Waals surface area contributed by atoms with Gasteiger partial charge in [-0.25, -0.2) is 5.48 Å². The molecule has 2 bridgehead atoms. The summed E-state index contributed by atoms with van der Waals surface area (Å²) in [5.74, 6) is 1.92. The summed E-state index contributed by atoms with van der Waals surface area (Å²) in [4.78, 5) is 2.59. The molecule has 2 saturated carbocycles. The van der Waals surface area contributed by atoms with E-state index in [9.17, 15) is 10.3 Å². The Kier molecular flexibility index (Phi) is 4.10. The third-order valence-electron chi connectivity index (χ3n) is 8.14. The molecule has 3 fully saturated rings. The molecule has 0 spiro atoms. The largest absolute Gasteiger partial charge is 0.497 e. The molecule has 4 aliphatic rings. The van der Waals surface area contributed by atoms with Gasteiger partial charge in [0.25, 0.3) is 0 Å². The molecule has 148 valence electrons. The summed E-state index contributed by atoms with van der Waals surface area (Å²) in [7, 11) is 1.70. The van der Waals surface area contributed by atoms with E-state index in [-0.39, 0.29) is 23.4 Å². The van der Waals surface area contributed by atoms with Crippen molar-refractivity contribution in [2.45, 2.75) is 68.5 Å². The van der Waals surface area contributed by atoms with Crippen molar-refractivity contribution in [2.24, 2.45) is 11.8 Å². The summed E-state index contributed by atoms with van der Waals surface area (Å²) < 4.78 is 5.53. The fraction of sp³-hybridized carbons (Fsp3) is 0.727. The average Bonchev–Trinajstić information content (AvgIpc) is 3.47. The summed E-state index contributed by atoms with van der Waals surface area (Å²) in [6.45, 7) is 4.32. The summed E-state index contributed by atoms with van der Waals surface area (Å²) >= 11 is 0. The zero-order chi connectivity index (χ0) is 18.8. The Hall–Kier alpha value is -1.14. The van der Waals surface area contributed by atoms with Crippen molar-refractivity contribution in [1.29, 1.82) is 0 Å². The molecule has 5 rings (SSSR count). The lowest BCUT2D eigenvalue weighted by Crippen LogP contribution is -2.75. The zero-order valence-electron chi connectivity index (χ0n) is 16.4. The van der Waals surface area contributed by atoms with Gasteiger partial charge in [-0.05, 0) is 80.2 Å². The standard InChI is InChI=1S/C22H32N2O3/c1-14-11-22(25)20-9-16-5-6-17(27-2)10-18(16)21(22,12-19(14)23-26)7-8-24(20)13-15-3-4-15/h5-6,10,14-15,19-20,23,25-26H,3-4,7-9,11-13H2,1-2H3. The summed E-state index contributed by atoms with van der Waals surface area (Å²) in [5, 5.41) is 22.1. The summed E-state index contributed by atoms with van der Waals surface area (Å²) in [6, 6.07) is 6.58. The minimum atomic E-state index is -0.744. The smallest absolute Gasteiger partial charge is 0.119 e. The first-order valence-corrected chi connectivity index (χ1v) is 10.5. The number of hydrogen-bond donors (Lipinski definition) is 3. The molecule has 5 heteroatoms. The molecule has 1 aromatic carbocycles. The summed E-state index contributed by atoms with van der Waals surface area (Å²) in [5.41, 5.74) is 4.10.